The smallest absolute Gasteiger partial charge is 0.223 e. The van der Waals surface area contributed by atoms with Gasteiger partial charge in [-0.2, -0.15) is 0 Å². The van der Waals surface area contributed by atoms with E-state index in [0.29, 0.717) is 25.4 Å². The topological polar surface area (TPSA) is 20.3 Å². The number of rotatable bonds is 2. The highest BCUT2D eigenvalue weighted by Gasteiger charge is 2.31. The van der Waals surface area contributed by atoms with E-state index >= 15 is 0 Å². The second kappa shape index (κ2) is 3.48. The summed E-state index contributed by atoms with van der Waals surface area (Å²) >= 11 is 0. The van der Waals surface area contributed by atoms with Gasteiger partial charge in [-0.15, -0.1) is 0 Å². The Balaban J connectivity index is 1.75. The zero-order valence-electron chi connectivity index (χ0n) is 7.58. The van der Waals surface area contributed by atoms with E-state index in [1.807, 2.05) is 0 Å². The lowest BCUT2D eigenvalue weighted by Gasteiger charge is -2.34. The van der Waals surface area contributed by atoms with Crippen LogP contribution in [0.4, 0.5) is 4.39 Å². The number of likely N-dealkylation sites (tertiary alicyclic amines) is 1. The van der Waals surface area contributed by atoms with Crippen molar-refractivity contribution in [2.24, 2.45) is 5.92 Å². The molecule has 1 amide bonds. The van der Waals surface area contributed by atoms with Crippen LogP contribution in [0.15, 0.2) is 12.2 Å². The van der Waals surface area contributed by atoms with Crippen LogP contribution in [-0.2, 0) is 4.79 Å². The maximum absolute atomic E-state index is 12.4. The predicted octanol–water partition coefficient (Wildman–Crippen LogP) is 1.52. The van der Waals surface area contributed by atoms with E-state index in [4.69, 9.17) is 0 Å². The molecule has 1 unspecified atom stereocenters. The molecule has 0 N–H and O–H groups in total. The van der Waals surface area contributed by atoms with Crippen molar-refractivity contribution >= 4 is 5.91 Å². The van der Waals surface area contributed by atoms with Crippen LogP contribution in [-0.4, -0.2) is 30.1 Å². The number of hydrogen-bond donors (Lipinski definition) is 0. The minimum atomic E-state index is -0.775. The van der Waals surface area contributed by atoms with E-state index < -0.39 is 6.17 Å². The lowest BCUT2D eigenvalue weighted by Crippen LogP contribution is -2.51. The number of allylic oxidation sites excluding steroid dienone is 2. The molecule has 1 aliphatic heterocycles. The van der Waals surface area contributed by atoms with Crippen LogP contribution in [0.25, 0.3) is 0 Å². The van der Waals surface area contributed by atoms with Gasteiger partial charge in [-0.25, -0.2) is 4.39 Å². The van der Waals surface area contributed by atoms with Crippen LogP contribution < -0.4 is 0 Å². The highest BCUT2D eigenvalue weighted by atomic mass is 19.1. The maximum Gasteiger partial charge on any atom is 0.223 e. The molecule has 0 bridgehead atoms. The lowest BCUT2D eigenvalue weighted by atomic mass is 10.0. The van der Waals surface area contributed by atoms with E-state index in [1.54, 1.807) is 4.90 Å². The number of carbonyl (C=O) groups excluding carboxylic acids is 1. The van der Waals surface area contributed by atoms with E-state index in [1.165, 1.54) is 0 Å². The normalized spacial score (nSPS) is 27.8. The van der Waals surface area contributed by atoms with Gasteiger partial charge in [0.25, 0.3) is 0 Å². The van der Waals surface area contributed by atoms with E-state index in [0.717, 1.165) is 12.8 Å². The SMILES string of the molecule is O=C(CC1C=CCC1)N1CC(F)C1. The molecular weight excluding hydrogens is 169 g/mol. The lowest BCUT2D eigenvalue weighted by molar-refractivity contribution is -0.138. The van der Waals surface area contributed by atoms with Crippen LogP contribution >= 0.6 is 0 Å². The number of hydrogen-bond acceptors (Lipinski definition) is 1. The van der Waals surface area contributed by atoms with E-state index in [2.05, 4.69) is 12.2 Å². The number of carbonyl (C=O) groups is 1. The molecule has 1 saturated heterocycles. The third-order valence-electron chi connectivity index (χ3n) is 2.74. The van der Waals surface area contributed by atoms with Gasteiger partial charge in [-0.05, 0) is 18.8 Å². The Labute approximate surface area is 77.4 Å². The molecule has 0 saturated carbocycles. The molecule has 2 aliphatic rings. The fourth-order valence-electron chi connectivity index (χ4n) is 1.85. The van der Waals surface area contributed by atoms with Crippen molar-refractivity contribution in [1.29, 1.82) is 0 Å². The van der Waals surface area contributed by atoms with Gasteiger partial charge in [0.2, 0.25) is 5.91 Å². The molecule has 1 atom stereocenters. The fraction of sp³-hybridized carbons (Fsp3) is 0.700. The molecule has 2 nitrogen and oxygen atoms in total. The summed E-state index contributed by atoms with van der Waals surface area (Å²) in [5.41, 5.74) is 0. The van der Waals surface area contributed by atoms with Crippen LogP contribution in [0.2, 0.25) is 0 Å². The maximum atomic E-state index is 12.4. The quantitative estimate of drug-likeness (QED) is 0.594. The van der Waals surface area contributed by atoms with Crippen molar-refractivity contribution in [3.63, 3.8) is 0 Å². The highest BCUT2D eigenvalue weighted by Crippen LogP contribution is 2.23. The van der Waals surface area contributed by atoms with Gasteiger partial charge in [0.15, 0.2) is 0 Å². The third kappa shape index (κ3) is 1.90. The Kier molecular flexibility index (Phi) is 2.34. The molecule has 0 radical (unpaired) electrons. The summed E-state index contributed by atoms with van der Waals surface area (Å²) in [5.74, 6) is 0.525. The Morgan fingerprint density at radius 3 is 2.85 bits per heavy atom. The summed E-state index contributed by atoms with van der Waals surface area (Å²) in [6.07, 6.45) is 6.19. The van der Waals surface area contributed by atoms with Gasteiger partial charge in [0.1, 0.15) is 6.17 Å². The molecule has 0 aromatic rings. The molecule has 2 rings (SSSR count). The zero-order valence-corrected chi connectivity index (χ0v) is 7.58. The van der Waals surface area contributed by atoms with Gasteiger partial charge in [0.05, 0.1) is 13.1 Å². The first-order valence-electron chi connectivity index (χ1n) is 4.84. The third-order valence-corrected chi connectivity index (χ3v) is 2.74. The fourth-order valence-corrected chi connectivity index (χ4v) is 1.85. The minimum Gasteiger partial charge on any atom is -0.337 e. The van der Waals surface area contributed by atoms with Crippen molar-refractivity contribution in [1.82, 2.24) is 4.90 Å². The standard InChI is InChI=1S/C10H14FNO/c11-9-6-12(7-9)10(13)5-8-3-1-2-4-8/h1,3,8-9H,2,4-7H2. The Morgan fingerprint density at radius 2 is 2.31 bits per heavy atom. The Hall–Kier alpha value is -0.860. The number of halogens is 1. The second-order valence-corrected chi connectivity index (χ2v) is 3.87. The molecular formula is C10H14FNO. The molecule has 72 valence electrons. The van der Waals surface area contributed by atoms with Crippen LogP contribution in [0, 0.1) is 5.92 Å². The van der Waals surface area contributed by atoms with Crippen molar-refractivity contribution < 1.29 is 9.18 Å². The number of amides is 1. The van der Waals surface area contributed by atoms with Crippen LogP contribution in [0.5, 0.6) is 0 Å². The van der Waals surface area contributed by atoms with Gasteiger partial charge < -0.3 is 4.90 Å². The average Bonchev–Trinajstić information content (AvgIpc) is 2.51. The van der Waals surface area contributed by atoms with Gasteiger partial charge in [-0.3, -0.25) is 4.79 Å². The molecule has 0 spiro atoms. The first-order valence-corrected chi connectivity index (χ1v) is 4.84. The summed E-state index contributed by atoms with van der Waals surface area (Å²) in [7, 11) is 0. The molecule has 13 heavy (non-hydrogen) atoms. The predicted molar refractivity (Wildman–Crippen MR) is 48.0 cm³/mol. The largest absolute Gasteiger partial charge is 0.337 e. The van der Waals surface area contributed by atoms with Crippen LogP contribution in [0.1, 0.15) is 19.3 Å². The molecule has 1 heterocycles. The molecule has 3 heteroatoms. The summed E-state index contributed by atoms with van der Waals surface area (Å²) in [5, 5.41) is 0. The highest BCUT2D eigenvalue weighted by molar-refractivity contribution is 5.77. The van der Waals surface area contributed by atoms with Gasteiger partial charge in [0, 0.05) is 6.42 Å². The summed E-state index contributed by atoms with van der Waals surface area (Å²) in [6.45, 7) is 0.629. The molecule has 1 aliphatic carbocycles. The average molecular weight is 183 g/mol. The van der Waals surface area contributed by atoms with Crippen molar-refractivity contribution in [2.45, 2.75) is 25.4 Å². The molecule has 0 aromatic carbocycles. The number of nitrogens with zero attached hydrogens (tertiary/aromatic N) is 1. The summed E-state index contributed by atoms with van der Waals surface area (Å²) in [6, 6.07) is 0. The van der Waals surface area contributed by atoms with E-state index in [9.17, 15) is 9.18 Å². The van der Waals surface area contributed by atoms with Crippen LogP contribution in [0.3, 0.4) is 0 Å². The Morgan fingerprint density at radius 1 is 1.54 bits per heavy atom. The van der Waals surface area contributed by atoms with Gasteiger partial charge >= 0.3 is 0 Å². The number of alkyl halides is 1. The summed E-state index contributed by atoms with van der Waals surface area (Å²) in [4.78, 5) is 13.1. The van der Waals surface area contributed by atoms with Crippen molar-refractivity contribution in [3.8, 4) is 0 Å². The second-order valence-electron chi connectivity index (χ2n) is 3.87. The molecule has 0 aromatic heterocycles. The first kappa shape index (κ1) is 8.73. The van der Waals surface area contributed by atoms with Crippen molar-refractivity contribution in [2.75, 3.05) is 13.1 Å². The monoisotopic (exact) mass is 183 g/mol. The minimum absolute atomic E-state index is 0.116. The first-order chi connectivity index (χ1) is 6.25. The molecule has 1 fully saturated rings. The van der Waals surface area contributed by atoms with Gasteiger partial charge in [-0.1, -0.05) is 12.2 Å². The summed E-state index contributed by atoms with van der Waals surface area (Å²) < 4.78 is 12.4. The van der Waals surface area contributed by atoms with E-state index in [-0.39, 0.29) is 5.91 Å². The zero-order chi connectivity index (χ0) is 9.26. The van der Waals surface area contributed by atoms with Crippen molar-refractivity contribution in [3.05, 3.63) is 12.2 Å². The Bertz CT molecular complexity index is 233.